The smallest absolute Gasteiger partial charge is 0.0489 e. The summed E-state index contributed by atoms with van der Waals surface area (Å²) in [4.78, 5) is 0. The quantitative estimate of drug-likeness (QED) is 0.707. The third kappa shape index (κ3) is 2.46. The van der Waals surface area contributed by atoms with Crippen LogP contribution in [0, 0.1) is 0 Å². The molecule has 1 aromatic carbocycles. The highest BCUT2D eigenvalue weighted by Gasteiger charge is 2.18. The molecule has 0 N–H and O–H groups in total. The van der Waals surface area contributed by atoms with E-state index in [1.165, 1.54) is 24.0 Å². The predicted octanol–water partition coefficient (Wildman–Crippen LogP) is 4.68. The number of hydrogen-bond acceptors (Lipinski definition) is 1. The molecule has 2 rings (SSSR count). The molecule has 1 aliphatic carbocycles. The summed E-state index contributed by atoms with van der Waals surface area (Å²) in [5, 5.41) is 1.35. The van der Waals surface area contributed by atoms with Gasteiger partial charge in [-0.05, 0) is 17.5 Å². The largest absolute Gasteiger partial charge is 0.146 e. The Hall–Kier alpha value is -0.690. The van der Waals surface area contributed by atoms with Crippen LogP contribution in [0.3, 0.4) is 0 Å². The Kier molecular flexibility index (Phi) is 3.53. The minimum atomic E-state index is 0.586. The van der Waals surface area contributed by atoms with Crippen molar-refractivity contribution < 1.29 is 0 Å². The van der Waals surface area contributed by atoms with E-state index in [-0.39, 0.29) is 0 Å². The van der Waals surface area contributed by atoms with Gasteiger partial charge in [0.15, 0.2) is 0 Å². The third-order valence-corrected chi connectivity index (χ3v) is 4.23. The molecule has 0 radical (unpaired) electrons. The highest BCUT2D eigenvalue weighted by atomic mass is 32.2. The molecule has 1 aromatic rings. The number of thioether (sulfide) groups is 1. The van der Waals surface area contributed by atoms with Crippen LogP contribution in [0.5, 0.6) is 0 Å². The van der Waals surface area contributed by atoms with Gasteiger partial charge in [-0.15, -0.1) is 11.8 Å². The molecule has 0 aromatic heterocycles. The molecule has 80 valence electrons. The van der Waals surface area contributed by atoms with Crippen LogP contribution in [0.2, 0.25) is 0 Å². The summed E-state index contributed by atoms with van der Waals surface area (Å²) < 4.78 is 0. The second-order valence-electron chi connectivity index (χ2n) is 4.14. The van der Waals surface area contributed by atoms with E-state index in [1.807, 2.05) is 0 Å². The fraction of sp³-hybridized carbons (Fsp3) is 0.429. The van der Waals surface area contributed by atoms with Crippen molar-refractivity contribution >= 4 is 17.8 Å². The Morgan fingerprint density at radius 1 is 1.33 bits per heavy atom. The average Bonchev–Trinajstić information content (AvgIpc) is 2.62. The lowest BCUT2D eigenvalue weighted by atomic mass is 10.1. The minimum Gasteiger partial charge on any atom is -0.146 e. The maximum absolute atomic E-state index is 2.34. The van der Waals surface area contributed by atoms with E-state index < -0.39 is 0 Å². The Morgan fingerprint density at radius 2 is 2.13 bits per heavy atom. The van der Waals surface area contributed by atoms with Crippen molar-refractivity contribution in [3.63, 3.8) is 0 Å². The van der Waals surface area contributed by atoms with E-state index in [2.05, 4.69) is 62.0 Å². The van der Waals surface area contributed by atoms with Gasteiger partial charge in [-0.2, -0.15) is 0 Å². The summed E-state index contributed by atoms with van der Waals surface area (Å²) in [6, 6.07) is 8.72. The van der Waals surface area contributed by atoms with Gasteiger partial charge in [-0.1, -0.05) is 56.7 Å². The van der Waals surface area contributed by atoms with Crippen molar-refractivity contribution in [1.82, 2.24) is 0 Å². The lowest BCUT2D eigenvalue weighted by Gasteiger charge is -2.16. The molecule has 0 aliphatic heterocycles. The van der Waals surface area contributed by atoms with Gasteiger partial charge in [-0.25, -0.2) is 0 Å². The molecule has 2 unspecified atom stereocenters. The molecule has 0 bridgehead atoms. The lowest BCUT2D eigenvalue weighted by Crippen LogP contribution is -1.99. The lowest BCUT2D eigenvalue weighted by molar-refractivity contribution is 0.785. The van der Waals surface area contributed by atoms with Gasteiger partial charge < -0.3 is 0 Å². The zero-order valence-electron chi connectivity index (χ0n) is 9.44. The molecule has 0 saturated heterocycles. The van der Waals surface area contributed by atoms with Crippen molar-refractivity contribution in [2.75, 3.05) is 0 Å². The van der Waals surface area contributed by atoms with E-state index in [9.17, 15) is 0 Å². The van der Waals surface area contributed by atoms with Crippen LogP contribution in [0.25, 0.3) is 6.08 Å². The molecule has 0 saturated carbocycles. The van der Waals surface area contributed by atoms with Crippen LogP contribution in [-0.2, 0) is 0 Å². The summed E-state index contributed by atoms with van der Waals surface area (Å²) in [7, 11) is 0. The monoisotopic (exact) mass is 218 g/mol. The van der Waals surface area contributed by atoms with Crippen molar-refractivity contribution in [3.8, 4) is 0 Å². The molecule has 0 nitrogen and oxygen atoms in total. The van der Waals surface area contributed by atoms with Crippen LogP contribution >= 0.6 is 11.8 Å². The number of hydrogen-bond donors (Lipinski definition) is 0. The van der Waals surface area contributed by atoms with Gasteiger partial charge in [-0.3, -0.25) is 0 Å². The summed E-state index contributed by atoms with van der Waals surface area (Å²) >= 11 is 2.09. The number of benzene rings is 1. The van der Waals surface area contributed by atoms with Gasteiger partial charge in [0.25, 0.3) is 0 Å². The first kappa shape index (κ1) is 10.8. The fourth-order valence-electron chi connectivity index (χ4n) is 2.06. The molecule has 1 heteroatoms. The van der Waals surface area contributed by atoms with Gasteiger partial charge in [0.05, 0.1) is 0 Å². The van der Waals surface area contributed by atoms with Crippen molar-refractivity contribution in [2.24, 2.45) is 0 Å². The van der Waals surface area contributed by atoms with E-state index in [4.69, 9.17) is 0 Å². The molecular formula is C14H18S. The Balaban J connectivity index is 2.05. The second-order valence-corrected chi connectivity index (χ2v) is 5.73. The fourth-order valence-corrected chi connectivity index (χ4v) is 3.46. The van der Waals surface area contributed by atoms with Crippen molar-refractivity contribution in [1.29, 1.82) is 0 Å². The summed E-state index contributed by atoms with van der Waals surface area (Å²) in [5.74, 6) is 0. The van der Waals surface area contributed by atoms with Gasteiger partial charge >= 0.3 is 0 Å². The average molecular weight is 218 g/mol. The zero-order valence-corrected chi connectivity index (χ0v) is 10.3. The number of fused-ring (bicyclic) bond motifs is 1. The van der Waals surface area contributed by atoms with E-state index in [1.54, 1.807) is 0 Å². The van der Waals surface area contributed by atoms with Crippen LogP contribution in [0.1, 0.15) is 43.1 Å². The standard InChI is InChI=1S/C14H18S/c1-3-6-11(2)15-14-10-9-12-7-4-5-8-13(12)14/h4-5,7-11,14H,3,6H2,1-2H3. The van der Waals surface area contributed by atoms with Crippen molar-refractivity contribution in [2.45, 2.75) is 37.2 Å². The Morgan fingerprint density at radius 3 is 2.93 bits per heavy atom. The van der Waals surface area contributed by atoms with Gasteiger partial charge in [0.2, 0.25) is 0 Å². The van der Waals surface area contributed by atoms with Gasteiger partial charge in [0.1, 0.15) is 0 Å². The maximum Gasteiger partial charge on any atom is 0.0489 e. The molecule has 15 heavy (non-hydrogen) atoms. The SMILES string of the molecule is CCCC(C)SC1C=Cc2ccccc21. The van der Waals surface area contributed by atoms with Crippen LogP contribution in [0.4, 0.5) is 0 Å². The first-order valence-electron chi connectivity index (χ1n) is 5.74. The highest BCUT2D eigenvalue weighted by Crippen LogP contribution is 2.41. The first-order chi connectivity index (χ1) is 7.31. The number of rotatable bonds is 4. The van der Waals surface area contributed by atoms with Crippen LogP contribution in [0.15, 0.2) is 30.3 Å². The molecule has 0 spiro atoms. The minimum absolute atomic E-state index is 0.586. The summed E-state index contributed by atoms with van der Waals surface area (Å²) in [6.07, 6.45) is 7.19. The Bertz CT molecular complexity index is 354. The normalized spacial score (nSPS) is 20.3. The van der Waals surface area contributed by atoms with Crippen molar-refractivity contribution in [3.05, 3.63) is 41.5 Å². The highest BCUT2D eigenvalue weighted by molar-refractivity contribution is 8.00. The van der Waals surface area contributed by atoms with Crippen LogP contribution in [-0.4, -0.2) is 5.25 Å². The second kappa shape index (κ2) is 4.89. The molecule has 0 amide bonds. The summed E-state index contributed by atoms with van der Waals surface area (Å²) in [5.41, 5.74) is 2.89. The molecule has 0 fully saturated rings. The van der Waals surface area contributed by atoms with E-state index in [0.29, 0.717) is 5.25 Å². The van der Waals surface area contributed by atoms with Crippen LogP contribution < -0.4 is 0 Å². The first-order valence-corrected chi connectivity index (χ1v) is 6.68. The Labute approximate surface area is 96.8 Å². The summed E-state index contributed by atoms with van der Waals surface area (Å²) in [6.45, 7) is 4.60. The topological polar surface area (TPSA) is 0 Å². The third-order valence-electron chi connectivity index (χ3n) is 2.83. The van der Waals surface area contributed by atoms with Gasteiger partial charge in [0, 0.05) is 10.5 Å². The molecular weight excluding hydrogens is 200 g/mol. The molecule has 2 atom stereocenters. The molecule has 0 heterocycles. The zero-order chi connectivity index (χ0) is 10.7. The van der Waals surface area contributed by atoms with E-state index in [0.717, 1.165) is 5.25 Å². The molecule has 1 aliphatic rings. The maximum atomic E-state index is 2.34. The van der Waals surface area contributed by atoms with E-state index >= 15 is 0 Å². The predicted molar refractivity (Wildman–Crippen MR) is 70.2 cm³/mol.